The van der Waals surface area contributed by atoms with E-state index in [4.69, 9.17) is 4.74 Å². The second kappa shape index (κ2) is 8.89. The highest BCUT2D eigenvalue weighted by molar-refractivity contribution is 5.92. The number of anilines is 1. The minimum Gasteiger partial charge on any atom is -0.495 e. The van der Waals surface area contributed by atoms with Gasteiger partial charge in [-0.25, -0.2) is 0 Å². The Balaban J connectivity index is 1.74. The molecule has 0 aromatic heterocycles. The van der Waals surface area contributed by atoms with Gasteiger partial charge in [0.2, 0.25) is 5.91 Å². The van der Waals surface area contributed by atoms with Crippen LogP contribution in [0.4, 0.5) is 5.69 Å². The van der Waals surface area contributed by atoms with Crippen LogP contribution in [0.15, 0.2) is 24.3 Å². The smallest absolute Gasteiger partial charge is 0.226 e. The van der Waals surface area contributed by atoms with Crippen molar-refractivity contribution >= 4 is 11.6 Å². The summed E-state index contributed by atoms with van der Waals surface area (Å²) in [5.74, 6) is 1.15. The molecule has 1 aromatic carbocycles. The van der Waals surface area contributed by atoms with Gasteiger partial charge in [-0.1, -0.05) is 18.6 Å². The summed E-state index contributed by atoms with van der Waals surface area (Å²) in [6.07, 6.45) is 4.30. The van der Waals surface area contributed by atoms with Gasteiger partial charge in [0.25, 0.3) is 0 Å². The average Bonchev–Trinajstić information content (AvgIpc) is 2.53. The molecule has 3 N–H and O–H groups in total. The van der Waals surface area contributed by atoms with E-state index in [0.717, 1.165) is 32.2 Å². The summed E-state index contributed by atoms with van der Waals surface area (Å²) in [7, 11) is 1.59. The van der Waals surface area contributed by atoms with E-state index in [2.05, 4.69) is 10.6 Å². The largest absolute Gasteiger partial charge is 0.495 e. The van der Waals surface area contributed by atoms with Crippen molar-refractivity contribution < 1.29 is 14.6 Å². The lowest BCUT2D eigenvalue weighted by atomic mass is 9.87. The number of para-hydroxylation sites is 2. The number of aliphatic hydroxyl groups is 1. The number of amides is 1. The van der Waals surface area contributed by atoms with E-state index in [9.17, 15) is 9.90 Å². The molecule has 128 valence electrons. The minimum atomic E-state index is -0.153. The molecule has 1 aliphatic rings. The van der Waals surface area contributed by atoms with E-state index in [1.54, 1.807) is 7.11 Å². The zero-order valence-electron chi connectivity index (χ0n) is 14.0. The van der Waals surface area contributed by atoms with Crippen LogP contribution in [0.3, 0.4) is 0 Å². The Bertz CT molecular complexity index is 507. The van der Waals surface area contributed by atoms with Crippen molar-refractivity contribution in [1.82, 2.24) is 5.32 Å². The second-order valence-electron chi connectivity index (χ2n) is 6.45. The normalized spacial score (nSPS) is 22.4. The SMILES string of the molecule is COc1ccccc1NC(=O)CC(C)NCC1CCCC(O)C1. The van der Waals surface area contributed by atoms with Crippen molar-refractivity contribution in [2.45, 2.75) is 51.2 Å². The maximum Gasteiger partial charge on any atom is 0.226 e. The molecule has 0 radical (unpaired) electrons. The molecule has 0 bridgehead atoms. The third-order valence-electron chi connectivity index (χ3n) is 4.38. The number of nitrogens with one attached hydrogen (secondary N) is 2. The minimum absolute atomic E-state index is 0.0295. The van der Waals surface area contributed by atoms with Crippen molar-refractivity contribution in [1.29, 1.82) is 0 Å². The van der Waals surface area contributed by atoms with Gasteiger partial charge in [-0.2, -0.15) is 0 Å². The molecule has 1 aromatic rings. The van der Waals surface area contributed by atoms with Crippen LogP contribution in [-0.2, 0) is 4.79 Å². The Kier molecular flexibility index (Phi) is 6.86. The first-order chi connectivity index (χ1) is 11.1. The lowest BCUT2D eigenvalue weighted by Gasteiger charge is -2.27. The topological polar surface area (TPSA) is 70.6 Å². The monoisotopic (exact) mass is 320 g/mol. The van der Waals surface area contributed by atoms with Crippen molar-refractivity contribution in [3.05, 3.63) is 24.3 Å². The van der Waals surface area contributed by atoms with Gasteiger partial charge >= 0.3 is 0 Å². The van der Waals surface area contributed by atoms with Crippen LogP contribution in [0, 0.1) is 5.92 Å². The molecule has 2 rings (SSSR count). The predicted molar refractivity (Wildman–Crippen MR) is 91.7 cm³/mol. The van der Waals surface area contributed by atoms with Crippen LogP contribution < -0.4 is 15.4 Å². The fourth-order valence-corrected chi connectivity index (χ4v) is 3.12. The Morgan fingerprint density at radius 1 is 1.39 bits per heavy atom. The molecule has 0 heterocycles. The number of hydrogen-bond acceptors (Lipinski definition) is 4. The van der Waals surface area contributed by atoms with Crippen LogP contribution >= 0.6 is 0 Å². The van der Waals surface area contributed by atoms with E-state index in [1.807, 2.05) is 31.2 Å². The number of benzene rings is 1. The first-order valence-corrected chi connectivity index (χ1v) is 8.42. The number of carbonyl (C=O) groups excluding carboxylic acids is 1. The maximum absolute atomic E-state index is 12.1. The first kappa shape index (κ1) is 17.8. The van der Waals surface area contributed by atoms with Crippen molar-refractivity contribution in [2.24, 2.45) is 5.92 Å². The summed E-state index contributed by atoms with van der Waals surface area (Å²) in [4.78, 5) is 12.1. The quantitative estimate of drug-likeness (QED) is 0.722. The molecule has 5 nitrogen and oxygen atoms in total. The third-order valence-corrected chi connectivity index (χ3v) is 4.38. The van der Waals surface area contributed by atoms with E-state index < -0.39 is 0 Å². The Morgan fingerprint density at radius 2 is 2.17 bits per heavy atom. The highest BCUT2D eigenvalue weighted by atomic mass is 16.5. The Hall–Kier alpha value is -1.59. The van der Waals surface area contributed by atoms with Gasteiger partial charge in [-0.15, -0.1) is 0 Å². The molecule has 1 saturated carbocycles. The first-order valence-electron chi connectivity index (χ1n) is 8.42. The van der Waals surface area contributed by atoms with Crippen LogP contribution in [0.1, 0.15) is 39.0 Å². The highest BCUT2D eigenvalue weighted by Gasteiger charge is 2.20. The number of methoxy groups -OCH3 is 1. The van der Waals surface area contributed by atoms with Crippen LogP contribution in [-0.4, -0.2) is 36.8 Å². The van der Waals surface area contributed by atoms with Crippen molar-refractivity contribution in [3.8, 4) is 5.75 Å². The molecule has 1 aliphatic carbocycles. The predicted octanol–water partition coefficient (Wildman–Crippen LogP) is 2.55. The number of hydrogen-bond donors (Lipinski definition) is 3. The fourth-order valence-electron chi connectivity index (χ4n) is 3.12. The summed E-state index contributed by atoms with van der Waals surface area (Å²) < 4.78 is 5.23. The molecule has 0 spiro atoms. The van der Waals surface area contributed by atoms with Crippen molar-refractivity contribution in [3.63, 3.8) is 0 Å². The second-order valence-corrected chi connectivity index (χ2v) is 6.45. The van der Waals surface area contributed by atoms with Gasteiger partial charge in [0.1, 0.15) is 5.75 Å². The van der Waals surface area contributed by atoms with Gasteiger partial charge in [0.05, 0.1) is 18.9 Å². The highest BCUT2D eigenvalue weighted by Crippen LogP contribution is 2.24. The Morgan fingerprint density at radius 3 is 2.91 bits per heavy atom. The molecule has 1 fully saturated rings. The summed E-state index contributed by atoms with van der Waals surface area (Å²) in [6.45, 7) is 2.88. The zero-order chi connectivity index (χ0) is 16.7. The maximum atomic E-state index is 12.1. The zero-order valence-corrected chi connectivity index (χ0v) is 14.0. The van der Waals surface area contributed by atoms with Gasteiger partial charge in [0.15, 0.2) is 0 Å². The number of carbonyl (C=O) groups is 1. The molecule has 23 heavy (non-hydrogen) atoms. The van der Waals surface area contributed by atoms with Crippen LogP contribution in [0.2, 0.25) is 0 Å². The van der Waals surface area contributed by atoms with Crippen LogP contribution in [0.25, 0.3) is 0 Å². The van der Waals surface area contributed by atoms with E-state index in [-0.39, 0.29) is 18.1 Å². The van der Waals surface area contributed by atoms with Gasteiger partial charge < -0.3 is 20.5 Å². The Labute approximate surface area is 138 Å². The fraction of sp³-hybridized carbons (Fsp3) is 0.611. The molecular weight excluding hydrogens is 292 g/mol. The summed E-state index contributed by atoms with van der Waals surface area (Å²) in [5.41, 5.74) is 0.697. The molecular formula is C18H28N2O3. The lowest BCUT2D eigenvalue weighted by Crippen LogP contribution is -2.36. The average molecular weight is 320 g/mol. The summed E-state index contributed by atoms with van der Waals surface area (Å²) in [5, 5.41) is 16.0. The summed E-state index contributed by atoms with van der Waals surface area (Å²) in [6, 6.07) is 7.50. The molecule has 5 heteroatoms. The molecule has 0 aliphatic heterocycles. The molecule has 1 amide bonds. The third kappa shape index (κ3) is 5.84. The van der Waals surface area contributed by atoms with E-state index in [0.29, 0.717) is 23.8 Å². The number of aliphatic hydroxyl groups excluding tert-OH is 1. The van der Waals surface area contributed by atoms with Gasteiger partial charge in [-0.3, -0.25) is 4.79 Å². The molecule has 0 saturated heterocycles. The number of rotatable bonds is 7. The van der Waals surface area contributed by atoms with Gasteiger partial charge in [0, 0.05) is 12.5 Å². The standard InChI is InChI=1S/C18H28N2O3/c1-13(19-12-14-6-5-7-15(21)11-14)10-18(22)20-16-8-3-4-9-17(16)23-2/h3-4,8-9,13-15,19,21H,5-7,10-12H2,1-2H3,(H,20,22). The van der Waals surface area contributed by atoms with Gasteiger partial charge in [-0.05, 0) is 50.8 Å². The number of ether oxygens (including phenoxy) is 1. The van der Waals surface area contributed by atoms with Crippen LogP contribution in [0.5, 0.6) is 5.75 Å². The lowest BCUT2D eigenvalue weighted by molar-refractivity contribution is -0.116. The molecule has 3 unspecified atom stereocenters. The molecule has 3 atom stereocenters. The van der Waals surface area contributed by atoms with E-state index in [1.165, 1.54) is 0 Å². The van der Waals surface area contributed by atoms with E-state index >= 15 is 0 Å². The summed E-state index contributed by atoms with van der Waals surface area (Å²) >= 11 is 0. The van der Waals surface area contributed by atoms with Crippen molar-refractivity contribution in [2.75, 3.05) is 19.0 Å².